The van der Waals surface area contributed by atoms with Gasteiger partial charge in [0.2, 0.25) is 5.89 Å². The van der Waals surface area contributed by atoms with Crippen LogP contribution in [0.25, 0.3) is 0 Å². The Balaban J connectivity index is 1.49. The van der Waals surface area contributed by atoms with Gasteiger partial charge in [0.15, 0.2) is 5.82 Å². The van der Waals surface area contributed by atoms with E-state index < -0.39 is 0 Å². The average Bonchev–Trinajstić information content (AvgIpc) is 3.08. The molecule has 8 nitrogen and oxygen atoms in total. The molecule has 2 aromatic rings. The molecule has 0 N–H and O–H groups in total. The summed E-state index contributed by atoms with van der Waals surface area (Å²) in [4.78, 5) is 19.3. The van der Waals surface area contributed by atoms with Crippen molar-refractivity contribution in [1.82, 2.24) is 15.0 Å². The van der Waals surface area contributed by atoms with Crippen LogP contribution in [-0.2, 0) is 13.0 Å². The maximum absolute atomic E-state index is 10.7. The minimum atomic E-state index is -0.374. The molecule has 1 aliphatic heterocycles. The highest BCUT2D eigenvalue weighted by atomic mass is 16.6. The number of hydrogen-bond acceptors (Lipinski definition) is 7. The quantitative estimate of drug-likeness (QED) is 0.563. The number of hydrogen-bond donors (Lipinski definition) is 0. The summed E-state index contributed by atoms with van der Waals surface area (Å²) in [7, 11) is 0. The third kappa shape index (κ3) is 4.54. The van der Waals surface area contributed by atoms with Crippen molar-refractivity contribution in [3.05, 3.63) is 46.1 Å². The summed E-state index contributed by atoms with van der Waals surface area (Å²) in [6.07, 6.45) is 3.06. The molecule has 134 valence electrons. The van der Waals surface area contributed by atoms with Gasteiger partial charge in [-0.05, 0) is 18.6 Å². The third-order valence-corrected chi connectivity index (χ3v) is 4.42. The van der Waals surface area contributed by atoms with Gasteiger partial charge in [-0.1, -0.05) is 18.5 Å². The molecule has 3 rings (SSSR count). The van der Waals surface area contributed by atoms with Crippen molar-refractivity contribution in [2.45, 2.75) is 32.7 Å². The summed E-state index contributed by atoms with van der Waals surface area (Å²) in [5.41, 5.74) is 1.14. The molecule has 0 bridgehead atoms. The van der Waals surface area contributed by atoms with Crippen molar-refractivity contribution in [1.29, 1.82) is 0 Å². The summed E-state index contributed by atoms with van der Waals surface area (Å²) in [5.74, 6) is 1.47. The van der Waals surface area contributed by atoms with Gasteiger partial charge in [0.1, 0.15) is 0 Å². The molecule has 25 heavy (non-hydrogen) atoms. The molecule has 1 aromatic heterocycles. The Morgan fingerprint density at radius 1 is 1.20 bits per heavy atom. The lowest BCUT2D eigenvalue weighted by atomic mass is 10.2. The fraction of sp³-hybridized carbons (Fsp3) is 0.529. The Bertz CT molecular complexity index is 693. The summed E-state index contributed by atoms with van der Waals surface area (Å²) in [6.45, 7) is 6.34. The van der Waals surface area contributed by atoms with Crippen LogP contribution in [0.15, 0.2) is 28.8 Å². The second-order valence-electron chi connectivity index (χ2n) is 6.24. The molecule has 2 heterocycles. The second kappa shape index (κ2) is 8.06. The number of anilines is 1. The third-order valence-electron chi connectivity index (χ3n) is 4.42. The highest BCUT2D eigenvalue weighted by Gasteiger charge is 2.20. The minimum absolute atomic E-state index is 0.123. The fourth-order valence-electron chi connectivity index (χ4n) is 2.93. The Morgan fingerprint density at radius 3 is 2.56 bits per heavy atom. The lowest BCUT2D eigenvalue weighted by molar-refractivity contribution is -0.384. The van der Waals surface area contributed by atoms with Gasteiger partial charge in [-0.15, -0.1) is 0 Å². The van der Waals surface area contributed by atoms with Crippen LogP contribution in [0, 0.1) is 10.1 Å². The van der Waals surface area contributed by atoms with Crippen LogP contribution in [0.1, 0.15) is 31.5 Å². The molecule has 8 heteroatoms. The smallest absolute Gasteiger partial charge is 0.269 e. The molecular weight excluding hydrogens is 322 g/mol. The normalized spacial score (nSPS) is 15.5. The first-order valence-electron chi connectivity index (χ1n) is 8.69. The molecule has 0 atom stereocenters. The van der Waals surface area contributed by atoms with Crippen LogP contribution in [-0.4, -0.2) is 46.1 Å². The Kier molecular flexibility index (Phi) is 5.60. The number of non-ortho nitro benzene ring substituents is 1. The molecule has 1 aromatic carbocycles. The van der Waals surface area contributed by atoms with Crippen LogP contribution in [0.4, 0.5) is 11.4 Å². The van der Waals surface area contributed by atoms with Crippen molar-refractivity contribution >= 4 is 11.4 Å². The van der Waals surface area contributed by atoms with Gasteiger partial charge in [0.05, 0.1) is 11.5 Å². The fourth-order valence-corrected chi connectivity index (χ4v) is 2.93. The van der Waals surface area contributed by atoms with Gasteiger partial charge in [-0.25, -0.2) is 0 Å². The maximum Gasteiger partial charge on any atom is 0.269 e. The second-order valence-corrected chi connectivity index (χ2v) is 6.24. The predicted molar refractivity (Wildman–Crippen MR) is 93.5 cm³/mol. The van der Waals surface area contributed by atoms with Gasteiger partial charge in [-0.3, -0.25) is 15.0 Å². The van der Waals surface area contributed by atoms with E-state index in [0.717, 1.165) is 57.0 Å². The molecule has 1 saturated heterocycles. The molecule has 1 fully saturated rings. The summed E-state index contributed by atoms with van der Waals surface area (Å²) < 4.78 is 5.33. The van der Waals surface area contributed by atoms with Crippen molar-refractivity contribution in [2.75, 3.05) is 31.1 Å². The molecule has 0 amide bonds. The predicted octanol–water partition coefficient (Wildman–Crippen LogP) is 2.64. The van der Waals surface area contributed by atoms with E-state index in [4.69, 9.17) is 4.52 Å². The highest BCUT2D eigenvalue weighted by molar-refractivity contribution is 5.51. The zero-order valence-corrected chi connectivity index (χ0v) is 14.4. The summed E-state index contributed by atoms with van der Waals surface area (Å²) >= 11 is 0. The topological polar surface area (TPSA) is 88.5 Å². The van der Waals surface area contributed by atoms with Gasteiger partial charge >= 0.3 is 0 Å². The Labute approximate surface area is 146 Å². The van der Waals surface area contributed by atoms with E-state index in [2.05, 4.69) is 26.9 Å². The van der Waals surface area contributed by atoms with Gasteiger partial charge in [0.25, 0.3) is 5.69 Å². The molecule has 1 aliphatic rings. The number of aromatic nitrogens is 2. The number of nitrogens with zero attached hydrogens (tertiary/aromatic N) is 5. The lowest BCUT2D eigenvalue weighted by Gasteiger charge is -2.35. The standard InChI is InChI=1S/C17H23N5O3/c1-2-3-4-16-18-17(25-19-16)13-20-9-11-21(12-10-20)14-5-7-15(8-6-14)22(23)24/h5-8H,2-4,9-13H2,1H3. The van der Waals surface area contributed by atoms with Crippen LogP contribution in [0.2, 0.25) is 0 Å². The van der Waals surface area contributed by atoms with Crippen molar-refractivity contribution in [2.24, 2.45) is 0 Å². The zero-order valence-electron chi connectivity index (χ0n) is 14.4. The van der Waals surface area contributed by atoms with E-state index in [1.54, 1.807) is 12.1 Å². The maximum atomic E-state index is 10.7. The van der Waals surface area contributed by atoms with E-state index in [0.29, 0.717) is 12.4 Å². The van der Waals surface area contributed by atoms with E-state index in [1.165, 1.54) is 0 Å². The highest BCUT2D eigenvalue weighted by Crippen LogP contribution is 2.21. The van der Waals surface area contributed by atoms with Crippen LogP contribution in [0.5, 0.6) is 0 Å². The van der Waals surface area contributed by atoms with Crippen molar-refractivity contribution in [3.63, 3.8) is 0 Å². The molecule has 0 unspecified atom stereocenters. The van der Waals surface area contributed by atoms with Crippen LogP contribution < -0.4 is 4.90 Å². The van der Waals surface area contributed by atoms with Gasteiger partial charge in [0, 0.05) is 50.4 Å². The molecule has 0 spiro atoms. The molecular formula is C17H23N5O3. The summed E-state index contributed by atoms with van der Waals surface area (Å²) in [6, 6.07) is 6.73. The number of benzene rings is 1. The first-order valence-corrected chi connectivity index (χ1v) is 8.69. The molecule has 0 aliphatic carbocycles. The summed E-state index contributed by atoms with van der Waals surface area (Å²) in [5, 5.41) is 14.8. The number of aryl methyl sites for hydroxylation is 1. The van der Waals surface area contributed by atoms with Crippen LogP contribution in [0.3, 0.4) is 0 Å². The van der Waals surface area contributed by atoms with Crippen LogP contribution >= 0.6 is 0 Å². The lowest BCUT2D eigenvalue weighted by Crippen LogP contribution is -2.46. The van der Waals surface area contributed by atoms with Crippen molar-refractivity contribution < 1.29 is 9.45 Å². The Morgan fingerprint density at radius 2 is 1.92 bits per heavy atom. The Hall–Kier alpha value is -2.48. The number of unbranched alkanes of at least 4 members (excludes halogenated alkanes) is 1. The van der Waals surface area contributed by atoms with E-state index in [1.807, 2.05) is 12.1 Å². The number of nitro benzene ring substituents is 1. The number of piperazine rings is 1. The molecule has 0 saturated carbocycles. The van der Waals surface area contributed by atoms with E-state index in [9.17, 15) is 10.1 Å². The molecule has 0 radical (unpaired) electrons. The number of rotatable bonds is 7. The van der Waals surface area contributed by atoms with E-state index >= 15 is 0 Å². The average molecular weight is 345 g/mol. The SMILES string of the molecule is CCCCc1noc(CN2CCN(c3ccc([N+](=O)[O-])cc3)CC2)n1. The van der Waals surface area contributed by atoms with Crippen molar-refractivity contribution in [3.8, 4) is 0 Å². The van der Waals surface area contributed by atoms with E-state index in [-0.39, 0.29) is 10.6 Å². The first-order chi connectivity index (χ1) is 12.2. The minimum Gasteiger partial charge on any atom is -0.369 e. The first kappa shape index (κ1) is 17.3. The zero-order chi connectivity index (χ0) is 17.6. The van der Waals surface area contributed by atoms with Gasteiger partial charge < -0.3 is 9.42 Å². The monoisotopic (exact) mass is 345 g/mol. The number of nitro groups is 1. The largest absolute Gasteiger partial charge is 0.369 e. The van der Waals surface area contributed by atoms with Gasteiger partial charge in [-0.2, -0.15) is 4.98 Å².